The number of nitrogens with one attached hydrogen (secondary N) is 1. The van der Waals surface area contributed by atoms with Gasteiger partial charge in [-0.05, 0) is 43.4 Å². The van der Waals surface area contributed by atoms with Crippen molar-refractivity contribution >= 4 is 0 Å². The van der Waals surface area contributed by atoms with Crippen LogP contribution in [-0.2, 0) is 13.5 Å². The summed E-state index contributed by atoms with van der Waals surface area (Å²) in [5.41, 5.74) is 3.81. The van der Waals surface area contributed by atoms with Crippen molar-refractivity contribution in [2.45, 2.75) is 44.7 Å². The Morgan fingerprint density at radius 3 is 2.86 bits per heavy atom. The van der Waals surface area contributed by atoms with E-state index in [1.54, 1.807) is 0 Å². The fraction of sp³-hybridized carbons (Fsp3) is 0.471. The summed E-state index contributed by atoms with van der Waals surface area (Å²) in [5.74, 6) is -0.180. The lowest BCUT2D eigenvalue weighted by atomic mass is 9.91. The Bertz CT molecular complexity index is 603. The molecule has 2 unspecified atom stereocenters. The van der Waals surface area contributed by atoms with Gasteiger partial charge in [0.15, 0.2) is 0 Å². The lowest BCUT2D eigenvalue weighted by molar-refractivity contribution is 0.390. The molecule has 1 aromatic carbocycles. The second-order valence-corrected chi connectivity index (χ2v) is 5.79. The van der Waals surface area contributed by atoms with E-state index >= 15 is 0 Å². The maximum absolute atomic E-state index is 13.1. The van der Waals surface area contributed by atoms with Crippen molar-refractivity contribution in [3.63, 3.8) is 0 Å². The lowest BCUT2D eigenvalue weighted by Crippen LogP contribution is -2.29. The third kappa shape index (κ3) is 2.86. The predicted octanol–water partition coefficient (Wildman–Crippen LogP) is 3.68. The van der Waals surface area contributed by atoms with Crippen molar-refractivity contribution in [3.05, 3.63) is 53.1 Å². The van der Waals surface area contributed by atoms with Gasteiger partial charge < -0.3 is 5.32 Å². The van der Waals surface area contributed by atoms with E-state index in [4.69, 9.17) is 0 Å². The number of aromatic nitrogens is 2. The molecule has 112 valence electrons. The highest BCUT2D eigenvalue weighted by molar-refractivity contribution is 5.26. The summed E-state index contributed by atoms with van der Waals surface area (Å²) in [6.45, 7) is 2.16. The molecule has 0 bridgehead atoms. The summed E-state index contributed by atoms with van der Waals surface area (Å²) in [5, 5.41) is 8.13. The Morgan fingerprint density at radius 2 is 2.14 bits per heavy atom. The summed E-state index contributed by atoms with van der Waals surface area (Å²) in [7, 11) is 2.01. The van der Waals surface area contributed by atoms with Gasteiger partial charge in [0.05, 0.1) is 6.20 Å². The van der Waals surface area contributed by atoms with Crippen molar-refractivity contribution < 1.29 is 4.39 Å². The third-order valence-corrected chi connectivity index (χ3v) is 4.46. The minimum Gasteiger partial charge on any atom is -0.303 e. The molecule has 0 aliphatic heterocycles. The highest BCUT2D eigenvalue weighted by atomic mass is 19.1. The van der Waals surface area contributed by atoms with E-state index in [1.807, 2.05) is 30.1 Å². The molecule has 1 N–H and O–H groups in total. The summed E-state index contributed by atoms with van der Waals surface area (Å²) in [4.78, 5) is 0. The normalized spacial score (nSPS) is 19.3. The molecule has 3 rings (SSSR count). The van der Waals surface area contributed by atoms with E-state index in [2.05, 4.69) is 17.3 Å². The summed E-state index contributed by atoms with van der Waals surface area (Å²) in [6.07, 6.45) is 6.40. The zero-order chi connectivity index (χ0) is 14.8. The first kappa shape index (κ1) is 14.3. The van der Waals surface area contributed by atoms with Gasteiger partial charge in [0, 0.05) is 30.4 Å². The van der Waals surface area contributed by atoms with Crippen molar-refractivity contribution in [1.82, 2.24) is 15.1 Å². The molecule has 2 atom stereocenters. The van der Waals surface area contributed by atoms with Gasteiger partial charge in [-0.3, -0.25) is 4.68 Å². The molecule has 2 aromatic rings. The van der Waals surface area contributed by atoms with E-state index in [0.717, 1.165) is 24.8 Å². The summed E-state index contributed by atoms with van der Waals surface area (Å²) in [6, 6.07) is 7.43. The number of hydrogen-bond acceptors (Lipinski definition) is 2. The first-order valence-corrected chi connectivity index (χ1v) is 7.71. The van der Waals surface area contributed by atoms with E-state index < -0.39 is 0 Å². The van der Waals surface area contributed by atoms with Crippen LogP contribution in [0.1, 0.15) is 55.1 Å². The molecular formula is C17H22FN3. The molecular weight excluding hydrogens is 265 g/mol. The van der Waals surface area contributed by atoms with Gasteiger partial charge >= 0.3 is 0 Å². The smallest absolute Gasteiger partial charge is 0.123 e. The molecule has 1 heterocycles. The molecule has 0 radical (unpaired) electrons. The largest absolute Gasteiger partial charge is 0.303 e. The van der Waals surface area contributed by atoms with Crippen LogP contribution >= 0.6 is 0 Å². The molecule has 4 heteroatoms. The molecule has 0 spiro atoms. The van der Waals surface area contributed by atoms with Crippen LogP contribution < -0.4 is 5.32 Å². The highest BCUT2D eigenvalue weighted by Gasteiger charge is 2.25. The Labute approximate surface area is 125 Å². The third-order valence-electron chi connectivity index (χ3n) is 4.46. The van der Waals surface area contributed by atoms with Gasteiger partial charge in [0.1, 0.15) is 5.82 Å². The van der Waals surface area contributed by atoms with E-state index in [1.165, 1.54) is 29.8 Å². The van der Waals surface area contributed by atoms with Gasteiger partial charge in [0.2, 0.25) is 0 Å². The number of hydrogen-bond donors (Lipinski definition) is 1. The molecule has 3 nitrogen and oxygen atoms in total. The van der Waals surface area contributed by atoms with Crippen LogP contribution in [0.15, 0.2) is 30.5 Å². The molecule has 0 fully saturated rings. The Balaban J connectivity index is 1.80. The monoisotopic (exact) mass is 287 g/mol. The van der Waals surface area contributed by atoms with Crippen molar-refractivity contribution in [1.29, 1.82) is 0 Å². The maximum atomic E-state index is 13.1. The van der Waals surface area contributed by atoms with E-state index in [0.29, 0.717) is 6.04 Å². The molecule has 0 saturated heterocycles. The number of halogens is 1. The molecule has 0 saturated carbocycles. The zero-order valence-corrected chi connectivity index (χ0v) is 12.6. The molecule has 0 amide bonds. The van der Waals surface area contributed by atoms with Gasteiger partial charge in [-0.25, -0.2) is 4.39 Å². The summed E-state index contributed by atoms with van der Waals surface area (Å²) < 4.78 is 15.1. The average Bonchev–Trinajstić information content (AvgIpc) is 2.88. The van der Waals surface area contributed by atoms with Crippen LogP contribution in [-0.4, -0.2) is 9.78 Å². The summed E-state index contributed by atoms with van der Waals surface area (Å²) >= 11 is 0. The van der Waals surface area contributed by atoms with Crippen LogP contribution in [0.2, 0.25) is 0 Å². The predicted molar refractivity (Wildman–Crippen MR) is 81.5 cm³/mol. The van der Waals surface area contributed by atoms with Crippen molar-refractivity contribution in [2.75, 3.05) is 0 Å². The van der Waals surface area contributed by atoms with Gasteiger partial charge in [-0.1, -0.05) is 19.1 Å². The maximum Gasteiger partial charge on any atom is 0.123 e. The Kier molecular flexibility index (Phi) is 4.06. The number of aryl methyl sites for hydroxylation is 1. The highest BCUT2D eigenvalue weighted by Crippen LogP contribution is 2.32. The van der Waals surface area contributed by atoms with Gasteiger partial charge in [0.25, 0.3) is 0 Å². The fourth-order valence-electron chi connectivity index (χ4n) is 3.27. The fourth-order valence-corrected chi connectivity index (χ4v) is 3.27. The Hall–Kier alpha value is -1.68. The second-order valence-electron chi connectivity index (χ2n) is 5.79. The quantitative estimate of drug-likeness (QED) is 0.929. The minimum absolute atomic E-state index is 0.180. The van der Waals surface area contributed by atoms with Crippen LogP contribution in [0.4, 0.5) is 4.39 Å². The molecule has 1 aliphatic rings. The number of benzene rings is 1. The standard InChI is InChI=1S/C17H22FN3/c1-3-15(12-7-9-13(18)10-8-12)20-16-5-4-6-17-14(16)11-19-21(17)2/h7-11,15-16,20H,3-6H2,1-2H3. The van der Waals surface area contributed by atoms with E-state index in [9.17, 15) is 4.39 Å². The number of rotatable bonds is 4. The number of nitrogens with zero attached hydrogens (tertiary/aromatic N) is 2. The van der Waals surface area contributed by atoms with E-state index in [-0.39, 0.29) is 11.9 Å². The topological polar surface area (TPSA) is 29.9 Å². The number of fused-ring (bicyclic) bond motifs is 1. The first-order valence-electron chi connectivity index (χ1n) is 7.71. The van der Waals surface area contributed by atoms with Crippen LogP contribution in [0.25, 0.3) is 0 Å². The van der Waals surface area contributed by atoms with Crippen LogP contribution in [0, 0.1) is 5.82 Å². The minimum atomic E-state index is -0.180. The second kappa shape index (κ2) is 5.98. The first-order chi connectivity index (χ1) is 10.2. The van der Waals surface area contributed by atoms with Crippen molar-refractivity contribution in [2.24, 2.45) is 7.05 Å². The lowest BCUT2D eigenvalue weighted by Gasteiger charge is -2.28. The zero-order valence-electron chi connectivity index (χ0n) is 12.6. The Morgan fingerprint density at radius 1 is 1.38 bits per heavy atom. The van der Waals surface area contributed by atoms with Crippen LogP contribution in [0.3, 0.4) is 0 Å². The molecule has 1 aliphatic carbocycles. The van der Waals surface area contributed by atoms with Crippen LogP contribution in [0.5, 0.6) is 0 Å². The van der Waals surface area contributed by atoms with Gasteiger partial charge in [-0.2, -0.15) is 5.10 Å². The van der Waals surface area contributed by atoms with Crippen molar-refractivity contribution in [3.8, 4) is 0 Å². The molecule has 1 aromatic heterocycles. The van der Waals surface area contributed by atoms with Gasteiger partial charge in [-0.15, -0.1) is 0 Å². The SMILES string of the molecule is CCC(NC1CCCc2c1cnn2C)c1ccc(F)cc1. The molecule has 21 heavy (non-hydrogen) atoms. The average molecular weight is 287 g/mol.